The summed E-state index contributed by atoms with van der Waals surface area (Å²) in [5, 5.41) is 13.7. The summed E-state index contributed by atoms with van der Waals surface area (Å²) in [5.41, 5.74) is 0. The van der Waals surface area contributed by atoms with Crippen molar-refractivity contribution in [2.45, 2.75) is 19.1 Å². The van der Waals surface area contributed by atoms with Gasteiger partial charge in [0.15, 0.2) is 0 Å². The molecule has 18 heavy (non-hydrogen) atoms. The second kappa shape index (κ2) is 7.33. The largest absolute Gasteiger partial charge is 0.481 e. The van der Waals surface area contributed by atoms with Crippen molar-refractivity contribution in [1.29, 1.82) is 0 Å². The van der Waals surface area contributed by atoms with Crippen LogP contribution in [0, 0.1) is 0 Å². The fourth-order valence-electron chi connectivity index (χ4n) is 1.28. The molecule has 1 rings (SSSR count). The molecule has 0 saturated heterocycles. The van der Waals surface area contributed by atoms with Gasteiger partial charge in [0.1, 0.15) is 5.76 Å². The van der Waals surface area contributed by atoms with Crippen LogP contribution in [0.3, 0.4) is 0 Å². The second-order valence-electron chi connectivity index (χ2n) is 3.60. The normalized spacial score (nSPS) is 11.8. The molecule has 0 saturated carbocycles. The fourth-order valence-corrected chi connectivity index (χ4v) is 1.28. The quantitative estimate of drug-likeness (QED) is 0.662. The molecule has 2 amide bonds. The molecule has 0 aromatic carbocycles. The first-order valence-electron chi connectivity index (χ1n) is 5.40. The minimum absolute atomic E-state index is 0.132. The SMILES string of the molecule is COC(CNC(=O)NCc1ccco1)CC(=O)O. The third-order valence-corrected chi connectivity index (χ3v) is 2.23. The van der Waals surface area contributed by atoms with Crippen LogP contribution in [-0.4, -0.2) is 36.9 Å². The number of aliphatic carboxylic acids is 1. The highest BCUT2D eigenvalue weighted by Crippen LogP contribution is 1.98. The summed E-state index contributed by atoms with van der Waals surface area (Å²) in [5.74, 6) is -0.335. The van der Waals surface area contributed by atoms with Gasteiger partial charge in [-0.3, -0.25) is 4.79 Å². The van der Waals surface area contributed by atoms with Gasteiger partial charge in [-0.05, 0) is 12.1 Å². The molecule has 7 nitrogen and oxygen atoms in total. The lowest BCUT2D eigenvalue weighted by molar-refractivity contribution is -0.139. The zero-order chi connectivity index (χ0) is 13.4. The lowest BCUT2D eigenvalue weighted by Crippen LogP contribution is -2.40. The molecule has 0 aliphatic heterocycles. The number of hydrogen-bond donors (Lipinski definition) is 3. The zero-order valence-electron chi connectivity index (χ0n) is 10.0. The van der Waals surface area contributed by atoms with Gasteiger partial charge in [-0.2, -0.15) is 0 Å². The van der Waals surface area contributed by atoms with E-state index in [1.54, 1.807) is 12.1 Å². The summed E-state index contributed by atoms with van der Waals surface area (Å²) in [6.45, 7) is 0.405. The van der Waals surface area contributed by atoms with Crippen LogP contribution in [0.15, 0.2) is 22.8 Å². The molecule has 100 valence electrons. The third kappa shape index (κ3) is 5.35. The number of furan rings is 1. The molecular formula is C11H16N2O5. The van der Waals surface area contributed by atoms with Crippen molar-refractivity contribution >= 4 is 12.0 Å². The highest BCUT2D eigenvalue weighted by Gasteiger charge is 2.13. The van der Waals surface area contributed by atoms with Crippen molar-refractivity contribution in [3.8, 4) is 0 Å². The first kappa shape index (κ1) is 14.0. The Morgan fingerprint density at radius 2 is 2.28 bits per heavy atom. The predicted octanol–water partition coefficient (Wildman–Crippen LogP) is 0.568. The van der Waals surface area contributed by atoms with Crippen LogP contribution < -0.4 is 10.6 Å². The summed E-state index contributed by atoms with van der Waals surface area (Å²) in [7, 11) is 1.40. The number of amides is 2. The van der Waals surface area contributed by atoms with E-state index in [1.807, 2.05) is 0 Å². The fraction of sp³-hybridized carbons (Fsp3) is 0.455. The average Bonchev–Trinajstić information content (AvgIpc) is 2.84. The predicted molar refractivity (Wildman–Crippen MR) is 62.0 cm³/mol. The van der Waals surface area contributed by atoms with E-state index in [4.69, 9.17) is 14.3 Å². The number of carboxylic acid groups (broad SMARTS) is 1. The maximum Gasteiger partial charge on any atom is 0.315 e. The standard InChI is InChI=1S/C11H16N2O5/c1-17-9(5-10(14)15)7-13-11(16)12-6-8-3-2-4-18-8/h2-4,9H,5-7H2,1H3,(H,14,15)(H2,12,13,16). The van der Waals surface area contributed by atoms with E-state index in [0.717, 1.165) is 0 Å². The molecule has 1 heterocycles. The maximum absolute atomic E-state index is 11.4. The van der Waals surface area contributed by atoms with Crippen molar-refractivity contribution < 1.29 is 23.8 Å². The topological polar surface area (TPSA) is 101 Å². The van der Waals surface area contributed by atoms with E-state index in [9.17, 15) is 9.59 Å². The Bertz CT molecular complexity index is 377. The van der Waals surface area contributed by atoms with Crippen molar-refractivity contribution in [3.63, 3.8) is 0 Å². The molecule has 0 bridgehead atoms. The number of carbonyl (C=O) groups excluding carboxylic acids is 1. The maximum atomic E-state index is 11.4. The Morgan fingerprint density at radius 1 is 1.50 bits per heavy atom. The van der Waals surface area contributed by atoms with Crippen molar-refractivity contribution in [3.05, 3.63) is 24.2 Å². The molecule has 0 aliphatic rings. The first-order valence-corrected chi connectivity index (χ1v) is 5.40. The summed E-state index contributed by atoms with van der Waals surface area (Å²) < 4.78 is 9.96. The number of nitrogens with one attached hydrogen (secondary N) is 2. The van der Waals surface area contributed by atoms with Crippen molar-refractivity contribution in [2.24, 2.45) is 0 Å². The van der Waals surface area contributed by atoms with Crippen molar-refractivity contribution in [2.75, 3.05) is 13.7 Å². The van der Waals surface area contributed by atoms with Gasteiger partial charge in [-0.15, -0.1) is 0 Å². The van der Waals surface area contributed by atoms with Crippen LogP contribution in [0.25, 0.3) is 0 Å². The van der Waals surface area contributed by atoms with Crippen LogP contribution in [0.5, 0.6) is 0 Å². The number of hydrogen-bond acceptors (Lipinski definition) is 4. The van der Waals surface area contributed by atoms with Gasteiger partial charge in [-0.25, -0.2) is 4.79 Å². The van der Waals surface area contributed by atoms with E-state index in [0.29, 0.717) is 5.76 Å². The van der Waals surface area contributed by atoms with Gasteiger partial charge in [0.2, 0.25) is 0 Å². The molecule has 0 aliphatic carbocycles. The lowest BCUT2D eigenvalue weighted by atomic mass is 10.2. The average molecular weight is 256 g/mol. The Labute approximate surface area is 104 Å². The second-order valence-corrected chi connectivity index (χ2v) is 3.60. The molecular weight excluding hydrogens is 240 g/mol. The van der Waals surface area contributed by atoms with E-state index in [-0.39, 0.29) is 19.5 Å². The number of ether oxygens (including phenoxy) is 1. The molecule has 1 aromatic heterocycles. The molecule has 0 radical (unpaired) electrons. The molecule has 0 spiro atoms. The van der Waals surface area contributed by atoms with Crippen molar-refractivity contribution in [1.82, 2.24) is 10.6 Å². The number of rotatable bonds is 7. The monoisotopic (exact) mass is 256 g/mol. The minimum atomic E-state index is -0.973. The zero-order valence-corrected chi connectivity index (χ0v) is 10.0. The summed E-state index contributed by atoms with van der Waals surface area (Å²) >= 11 is 0. The van der Waals surface area contributed by atoms with Gasteiger partial charge in [0.05, 0.1) is 25.3 Å². The molecule has 0 fully saturated rings. The number of carbonyl (C=O) groups is 2. The summed E-state index contributed by atoms with van der Waals surface area (Å²) in [6.07, 6.45) is 0.814. The van der Waals surface area contributed by atoms with Gasteiger partial charge in [0, 0.05) is 13.7 Å². The first-order chi connectivity index (χ1) is 8.61. The Morgan fingerprint density at radius 3 is 2.83 bits per heavy atom. The van der Waals surface area contributed by atoms with Crippen LogP contribution in [-0.2, 0) is 16.1 Å². The highest BCUT2D eigenvalue weighted by atomic mass is 16.5. The van der Waals surface area contributed by atoms with Gasteiger partial charge in [-0.1, -0.05) is 0 Å². The van der Waals surface area contributed by atoms with E-state index in [2.05, 4.69) is 10.6 Å². The summed E-state index contributed by atoms with van der Waals surface area (Å²) in [6, 6.07) is 3.06. The molecule has 7 heteroatoms. The van der Waals surface area contributed by atoms with Crippen LogP contribution in [0.4, 0.5) is 4.79 Å². The van der Waals surface area contributed by atoms with Gasteiger partial charge in [0.25, 0.3) is 0 Å². The Hall–Kier alpha value is -2.02. The number of carboxylic acids is 1. The third-order valence-electron chi connectivity index (χ3n) is 2.23. The molecule has 1 aromatic rings. The summed E-state index contributed by atoms with van der Waals surface area (Å²) in [4.78, 5) is 21.9. The Kier molecular flexibility index (Phi) is 5.72. The minimum Gasteiger partial charge on any atom is -0.481 e. The lowest BCUT2D eigenvalue weighted by Gasteiger charge is -2.14. The van der Waals surface area contributed by atoms with Crippen LogP contribution in [0.2, 0.25) is 0 Å². The highest BCUT2D eigenvalue weighted by molar-refractivity contribution is 5.74. The van der Waals surface area contributed by atoms with Gasteiger partial charge < -0.3 is 24.9 Å². The van der Waals surface area contributed by atoms with Crippen LogP contribution in [0.1, 0.15) is 12.2 Å². The molecule has 3 N–H and O–H groups in total. The van der Waals surface area contributed by atoms with E-state index >= 15 is 0 Å². The smallest absolute Gasteiger partial charge is 0.315 e. The number of urea groups is 1. The molecule has 1 unspecified atom stereocenters. The van der Waals surface area contributed by atoms with Gasteiger partial charge >= 0.3 is 12.0 Å². The molecule has 1 atom stereocenters. The van der Waals surface area contributed by atoms with E-state index < -0.39 is 18.1 Å². The van der Waals surface area contributed by atoms with Crippen LogP contribution >= 0.6 is 0 Å². The Balaban J connectivity index is 2.21. The van der Waals surface area contributed by atoms with E-state index in [1.165, 1.54) is 13.4 Å². The number of methoxy groups -OCH3 is 1.